The van der Waals surface area contributed by atoms with Crippen molar-refractivity contribution in [3.63, 3.8) is 0 Å². The van der Waals surface area contributed by atoms with Crippen LogP contribution in [0.2, 0.25) is 0 Å². The number of sulfonamides is 2. The Labute approximate surface area is 127 Å². The lowest BCUT2D eigenvalue weighted by Gasteiger charge is -2.07. The van der Waals surface area contributed by atoms with Gasteiger partial charge in [-0.25, -0.2) is 26.3 Å². The zero-order valence-corrected chi connectivity index (χ0v) is 13.6. The molecule has 2 N–H and O–H groups in total. The SMILES string of the molecule is CS(=O)(=O)NCCCNS(=O)(=O)c1cccc2nsnc12. The van der Waals surface area contributed by atoms with E-state index in [1.807, 2.05) is 0 Å². The Morgan fingerprint density at radius 1 is 1.10 bits per heavy atom. The van der Waals surface area contributed by atoms with E-state index in [9.17, 15) is 16.8 Å². The molecular weight excluding hydrogens is 336 g/mol. The molecule has 11 heteroatoms. The lowest BCUT2D eigenvalue weighted by molar-refractivity contribution is 0.575. The molecule has 0 bridgehead atoms. The lowest BCUT2D eigenvalue weighted by Crippen LogP contribution is -2.29. The number of hydrogen-bond donors (Lipinski definition) is 2. The molecular formula is C10H14N4O4S3. The highest BCUT2D eigenvalue weighted by molar-refractivity contribution is 7.89. The summed E-state index contributed by atoms with van der Waals surface area (Å²) in [6.07, 6.45) is 1.39. The lowest BCUT2D eigenvalue weighted by atomic mass is 10.3. The second-order valence-corrected chi connectivity index (χ2v) is 8.40. The summed E-state index contributed by atoms with van der Waals surface area (Å²) >= 11 is 0.949. The van der Waals surface area contributed by atoms with Crippen molar-refractivity contribution >= 4 is 42.8 Å². The Kier molecular flexibility index (Phi) is 4.88. The molecule has 0 amide bonds. The van der Waals surface area contributed by atoms with E-state index in [2.05, 4.69) is 18.2 Å². The first kappa shape index (κ1) is 16.2. The van der Waals surface area contributed by atoms with Gasteiger partial charge in [-0.15, -0.1) is 0 Å². The summed E-state index contributed by atoms with van der Waals surface area (Å²) in [5.74, 6) is 0. The molecule has 1 heterocycles. The van der Waals surface area contributed by atoms with Gasteiger partial charge in [-0.3, -0.25) is 0 Å². The van der Waals surface area contributed by atoms with E-state index >= 15 is 0 Å². The van der Waals surface area contributed by atoms with Gasteiger partial charge in [0, 0.05) is 13.1 Å². The predicted octanol–water partition coefficient (Wildman–Crippen LogP) is -0.0911. The third-order valence-electron chi connectivity index (χ3n) is 2.55. The number of fused-ring (bicyclic) bond motifs is 1. The predicted molar refractivity (Wildman–Crippen MR) is 80.1 cm³/mol. The Balaban J connectivity index is 2.01. The molecule has 0 aliphatic heterocycles. The van der Waals surface area contributed by atoms with Crippen LogP contribution in [0.5, 0.6) is 0 Å². The van der Waals surface area contributed by atoms with Crippen LogP contribution in [-0.2, 0) is 20.0 Å². The minimum atomic E-state index is -3.70. The number of hydrogen-bond acceptors (Lipinski definition) is 7. The van der Waals surface area contributed by atoms with Crippen molar-refractivity contribution in [2.45, 2.75) is 11.3 Å². The molecule has 0 atom stereocenters. The minimum absolute atomic E-state index is 0.0739. The molecule has 1 aromatic heterocycles. The van der Waals surface area contributed by atoms with E-state index in [0.29, 0.717) is 17.5 Å². The van der Waals surface area contributed by atoms with E-state index in [1.54, 1.807) is 12.1 Å². The molecule has 8 nitrogen and oxygen atoms in total. The van der Waals surface area contributed by atoms with Gasteiger partial charge < -0.3 is 0 Å². The molecule has 2 aromatic rings. The summed E-state index contributed by atoms with van der Waals surface area (Å²) in [5, 5.41) is 0. The average molecular weight is 350 g/mol. The summed E-state index contributed by atoms with van der Waals surface area (Å²) in [6.45, 7) is 0.294. The first-order chi connectivity index (χ1) is 9.80. The second-order valence-electron chi connectivity index (χ2n) is 4.31. The Morgan fingerprint density at radius 2 is 1.81 bits per heavy atom. The smallest absolute Gasteiger partial charge is 0.215 e. The molecule has 2 rings (SSSR count). The van der Waals surface area contributed by atoms with Crippen LogP contribution in [0, 0.1) is 0 Å². The standard InChI is InChI=1S/C10H14N4O4S3/c1-20(15,16)11-6-3-7-12-21(17,18)9-5-2-4-8-10(9)14-19-13-8/h2,4-5,11-12H,3,6-7H2,1H3. The third kappa shape index (κ3) is 4.41. The van der Waals surface area contributed by atoms with Crippen LogP contribution in [0.4, 0.5) is 0 Å². The molecule has 0 aliphatic carbocycles. The highest BCUT2D eigenvalue weighted by atomic mass is 32.2. The van der Waals surface area contributed by atoms with Crippen molar-refractivity contribution in [2.75, 3.05) is 19.3 Å². The van der Waals surface area contributed by atoms with Gasteiger partial charge in [-0.1, -0.05) is 6.07 Å². The second kappa shape index (κ2) is 6.32. The minimum Gasteiger partial charge on any atom is -0.215 e. The van der Waals surface area contributed by atoms with Gasteiger partial charge in [0.25, 0.3) is 0 Å². The van der Waals surface area contributed by atoms with E-state index < -0.39 is 20.0 Å². The molecule has 0 saturated heterocycles. The van der Waals surface area contributed by atoms with Crippen molar-refractivity contribution in [2.24, 2.45) is 0 Å². The van der Waals surface area contributed by atoms with Crippen LogP contribution in [0.3, 0.4) is 0 Å². The maximum Gasteiger partial charge on any atom is 0.242 e. The van der Waals surface area contributed by atoms with E-state index in [4.69, 9.17) is 0 Å². The van der Waals surface area contributed by atoms with Crippen molar-refractivity contribution in [1.82, 2.24) is 18.2 Å². The largest absolute Gasteiger partial charge is 0.242 e. The Morgan fingerprint density at radius 3 is 2.52 bits per heavy atom. The van der Waals surface area contributed by atoms with E-state index in [1.165, 1.54) is 6.07 Å². The summed E-state index contributed by atoms with van der Waals surface area (Å²) in [7, 11) is -6.95. The number of nitrogens with one attached hydrogen (secondary N) is 2. The van der Waals surface area contributed by atoms with Crippen LogP contribution in [0.25, 0.3) is 11.0 Å². The highest BCUT2D eigenvalue weighted by Crippen LogP contribution is 2.20. The van der Waals surface area contributed by atoms with Crippen molar-refractivity contribution < 1.29 is 16.8 Å². The first-order valence-corrected chi connectivity index (χ1v) is 10.1. The molecule has 1 aromatic carbocycles. The number of benzene rings is 1. The molecule has 0 spiro atoms. The van der Waals surface area contributed by atoms with Crippen LogP contribution in [0.1, 0.15) is 6.42 Å². The van der Waals surface area contributed by atoms with Gasteiger partial charge in [0.2, 0.25) is 20.0 Å². The molecule has 21 heavy (non-hydrogen) atoms. The summed E-state index contributed by atoms with van der Waals surface area (Å²) in [5.41, 5.74) is 0.867. The molecule has 0 fully saturated rings. The zero-order valence-electron chi connectivity index (χ0n) is 11.1. The van der Waals surface area contributed by atoms with Crippen LogP contribution in [0.15, 0.2) is 23.1 Å². The normalized spacial score (nSPS) is 12.8. The average Bonchev–Trinajstić information content (AvgIpc) is 2.84. The van der Waals surface area contributed by atoms with Gasteiger partial charge in [-0.05, 0) is 18.6 Å². The Bertz CT molecular complexity index is 829. The van der Waals surface area contributed by atoms with Gasteiger partial charge in [0.05, 0.1) is 18.0 Å². The van der Waals surface area contributed by atoms with Gasteiger partial charge in [-0.2, -0.15) is 8.75 Å². The molecule has 0 unspecified atom stereocenters. The van der Waals surface area contributed by atoms with Gasteiger partial charge >= 0.3 is 0 Å². The maximum absolute atomic E-state index is 12.2. The fraction of sp³-hybridized carbons (Fsp3) is 0.400. The topological polar surface area (TPSA) is 118 Å². The molecule has 0 aliphatic rings. The summed E-state index contributed by atoms with van der Waals surface area (Å²) < 4.78 is 58.8. The summed E-state index contributed by atoms with van der Waals surface area (Å²) in [4.78, 5) is 0.0739. The van der Waals surface area contributed by atoms with Crippen molar-refractivity contribution in [1.29, 1.82) is 0 Å². The Hall–Kier alpha value is -1.14. The number of rotatable bonds is 7. The van der Waals surface area contributed by atoms with E-state index in [-0.39, 0.29) is 18.0 Å². The maximum atomic E-state index is 12.2. The van der Waals surface area contributed by atoms with Crippen LogP contribution in [-0.4, -0.2) is 44.9 Å². The van der Waals surface area contributed by atoms with Crippen molar-refractivity contribution in [3.05, 3.63) is 18.2 Å². The molecule has 0 saturated carbocycles. The van der Waals surface area contributed by atoms with Gasteiger partial charge in [0.15, 0.2) is 0 Å². The van der Waals surface area contributed by atoms with Crippen LogP contribution >= 0.6 is 11.7 Å². The zero-order chi connectivity index (χ0) is 15.5. The third-order valence-corrected chi connectivity index (χ3v) is 5.31. The summed E-state index contributed by atoms with van der Waals surface area (Å²) in [6, 6.07) is 4.75. The van der Waals surface area contributed by atoms with Gasteiger partial charge in [0.1, 0.15) is 15.9 Å². The molecule has 0 radical (unpaired) electrons. The fourth-order valence-corrected chi connectivity index (χ4v) is 3.98. The quantitative estimate of drug-likeness (QED) is 0.674. The van der Waals surface area contributed by atoms with Crippen LogP contribution < -0.4 is 9.44 Å². The van der Waals surface area contributed by atoms with Crippen molar-refractivity contribution in [3.8, 4) is 0 Å². The van der Waals surface area contributed by atoms with E-state index in [0.717, 1.165) is 18.0 Å². The first-order valence-electron chi connectivity index (χ1n) is 5.95. The molecule has 116 valence electrons. The monoisotopic (exact) mass is 350 g/mol. The number of nitrogens with zero attached hydrogens (tertiary/aromatic N) is 2. The number of aromatic nitrogens is 2. The highest BCUT2D eigenvalue weighted by Gasteiger charge is 2.18. The fourth-order valence-electron chi connectivity index (χ4n) is 1.63.